The first-order chi connectivity index (χ1) is 15.9. The molecule has 5 rings (SSSR count). The fourth-order valence-corrected chi connectivity index (χ4v) is 4.89. The molecule has 2 heterocycles. The molecule has 0 spiro atoms. The van der Waals surface area contributed by atoms with Crippen molar-refractivity contribution in [1.82, 2.24) is 9.55 Å². The second-order valence-corrected chi connectivity index (χ2v) is 9.64. The van der Waals surface area contributed by atoms with Crippen LogP contribution in [-0.2, 0) is 11.3 Å². The molecule has 1 atom stereocenters. The van der Waals surface area contributed by atoms with Crippen LogP contribution in [-0.4, -0.2) is 22.0 Å². The zero-order valence-corrected chi connectivity index (χ0v) is 19.9. The molecular formula is C29H31N3O. The molecule has 33 heavy (non-hydrogen) atoms. The summed E-state index contributed by atoms with van der Waals surface area (Å²) >= 11 is 0. The normalized spacial score (nSPS) is 16.3. The molecule has 1 unspecified atom stereocenters. The van der Waals surface area contributed by atoms with Gasteiger partial charge in [0, 0.05) is 31.1 Å². The second kappa shape index (κ2) is 8.51. The molecule has 0 saturated carbocycles. The van der Waals surface area contributed by atoms with Gasteiger partial charge in [0.25, 0.3) is 0 Å². The van der Waals surface area contributed by atoms with Crippen LogP contribution in [0.15, 0.2) is 66.7 Å². The maximum absolute atomic E-state index is 13.1. The molecule has 4 heteroatoms. The number of aryl methyl sites for hydroxylation is 2. The number of hydrogen-bond donors (Lipinski definition) is 0. The summed E-state index contributed by atoms with van der Waals surface area (Å²) < 4.78 is 2.31. The molecule has 1 fully saturated rings. The van der Waals surface area contributed by atoms with Crippen molar-refractivity contribution in [3.8, 4) is 0 Å². The Bertz CT molecular complexity index is 1320. The number of carbonyl (C=O) groups excluding carboxylic acids is 1. The van der Waals surface area contributed by atoms with Crippen molar-refractivity contribution in [2.24, 2.45) is 0 Å². The average molecular weight is 438 g/mol. The van der Waals surface area contributed by atoms with Crippen LogP contribution in [0, 0.1) is 13.8 Å². The number of imidazole rings is 1. The van der Waals surface area contributed by atoms with Gasteiger partial charge in [-0.05, 0) is 60.2 Å². The van der Waals surface area contributed by atoms with E-state index in [1.807, 2.05) is 11.0 Å². The fraction of sp³-hybridized carbons (Fsp3) is 0.310. The van der Waals surface area contributed by atoms with E-state index in [1.54, 1.807) is 0 Å². The third kappa shape index (κ3) is 4.06. The van der Waals surface area contributed by atoms with E-state index in [0.29, 0.717) is 18.9 Å². The Morgan fingerprint density at radius 1 is 1.00 bits per heavy atom. The molecule has 0 radical (unpaired) electrons. The second-order valence-electron chi connectivity index (χ2n) is 9.64. The molecular weight excluding hydrogens is 406 g/mol. The van der Waals surface area contributed by atoms with Gasteiger partial charge in [-0.15, -0.1) is 0 Å². The van der Waals surface area contributed by atoms with Crippen LogP contribution < -0.4 is 4.90 Å². The lowest BCUT2D eigenvalue weighted by Crippen LogP contribution is -2.25. The SMILES string of the molecule is Cc1ccc(C)c(N2CC(c3nc4ccccc4n3Cc3ccc(C(C)C)cc3)CC2=O)c1. The summed E-state index contributed by atoms with van der Waals surface area (Å²) in [6.07, 6.45) is 0.489. The number of benzene rings is 3. The molecule has 1 amide bonds. The van der Waals surface area contributed by atoms with E-state index in [9.17, 15) is 4.79 Å². The van der Waals surface area contributed by atoms with Gasteiger partial charge in [0.15, 0.2) is 0 Å². The summed E-state index contributed by atoms with van der Waals surface area (Å²) in [5, 5.41) is 0. The van der Waals surface area contributed by atoms with Gasteiger partial charge < -0.3 is 9.47 Å². The highest BCUT2D eigenvalue weighted by molar-refractivity contribution is 5.97. The van der Waals surface area contributed by atoms with Crippen LogP contribution in [0.5, 0.6) is 0 Å². The van der Waals surface area contributed by atoms with Crippen LogP contribution in [0.1, 0.15) is 60.2 Å². The zero-order valence-electron chi connectivity index (χ0n) is 19.9. The average Bonchev–Trinajstić information content (AvgIpc) is 3.36. The molecule has 4 nitrogen and oxygen atoms in total. The Balaban J connectivity index is 1.51. The zero-order chi connectivity index (χ0) is 23.1. The van der Waals surface area contributed by atoms with Gasteiger partial charge >= 0.3 is 0 Å². The van der Waals surface area contributed by atoms with Crippen LogP contribution in [0.25, 0.3) is 11.0 Å². The number of anilines is 1. The van der Waals surface area contributed by atoms with Crippen molar-refractivity contribution in [3.63, 3.8) is 0 Å². The number of aromatic nitrogens is 2. The smallest absolute Gasteiger partial charge is 0.227 e. The molecule has 3 aromatic carbocycles. The van der Waals surface area contributed by atoms with Gasteiger partial charge in [-0.2, -0.15) is 0 Å². The number of nitrogens with zero attached hydrogens (tertiary/aromatic N) is 3. The molecule has 4 aromatic rings. The van der Waals surface area contributed by atoms with Crippen molar-refractivity contribution in [2.45, 2.75) is 52.5 Å². The molecule has 0 aliphatic carbocycles. The van der Waals surface area contributed by atoms with Crippen LogP contribution in [0.3, 0.4) is 0 Å². The third-order valence-electron chi connectivity index (χ3n) is 6.82. The predicted octanol–water partition coefficient (Wildman–Crippen LogP) is 6.35. The number of amides is 1. The van der Waals surface area contributed by atoms with E-state index in [0.717, 1.165) is 34.7 Å². The first-order valence-electron chi connectivity index (χ1n) is 11.8. The predicted molar refractivity (Wildman–Crippen MR) is 135 cm³/mol. The van der Waals surface area contributed by atoms with Gasteiger partial charge in [0.1, 0.15) is 5.82 Å². The van der Waals surface area contributed by atoms with E-state index in [2.05, 4.69) is 92.9 Å². The highest BCUT2D eigenvalue weighted by Crippen LogP contribution is 2.35. The number of hydrogen-bond acceptors (Lipinski definition) is 2. The quantitative estimate of drug-likeness (QED) is 0.365. The molecule has 0 N–H and O–H groups in total. The number of fused-ring (bicyclic) bond motifs is 1. The Hall–Kier alpha value is -3.40. The first kappa shape index (κ1) is 21.4. The largest absolute Gasteiger partial charge is 0.323 e. The third-order valence-corrected chi connectivity index (χ3v) is 6.82. The molecule has 1 aliphatic heterocycles. The Labute approximate surface area is 195 Å². The minimum atomic E-state index is 0.0692. The topological polar surface area (TPSA) is 38.1 Å². The maximum Gasteiger partial charge on any atom is 0.227 e. The molecule has 1 aromatic heterocycles. The molecule has 1 aliphatic rings. The van der Waals surface area contributed by atoms with Crippen molar-refractivity contribution >= 4 is 22.6 Å². The van der Waals surface area contributed by atoms with Crippen molar-refractivity contribution < 1.29 is 4.79 Å². The summed E-state index contributed by atoms with van der Waals surface area (Å²) in [6.45, 7) is 10.0. The lowest BCUT2D eigenvalue weighted by Gasteiger charge is -2.20. The summed E-state index contributed by atoms with van der Waals surface area (Å²) in [7, 11) is 0. The van der Waals surface area contributed by atoms with Crippen molar-refractivity contribution in [1.29, 1.82) is 0 Å². The monoisotopic (exact) mass is 437 g/mol. The summed E-state index contributed by atoms with van der Waals surface area (Å²) in [4.78, 5) is 20.1. The minimum Gasteiger partial charge on any atom is -0.323 e. The van der Waals surface area contributed by atoms with E-state index in [1.165, 1.54) is 16.7 Å². The highest BCUT2D eigenvalue weighted by Gasteiger charge is 2.35. The molecule has 0 bridgehead atoms. The lowest BCUT2D eigenvalue weighted by molar-refractivity contribution is -0.117. The molecule has 168 valence electrons. The van der Waals surface area contributed by atoms with Gasteiger partial charge in [0.2, 0.25) is 5.91 Å². The summed E-state index contributed by atoms with van der Waals surface area (Å²) in [5.41, 5.74) is 8.04. The van der Waals surface area contributed by atoms with Gasteiger partial charge in [-0.25, -0.2) is 4.98 Å². The van der Waals surface area contributed by atoms with E-state index in [4.69, 9.17) is 4.98 Å². The van der Waals surface area contributed by atoms with Gasteiger partial charge in [-0.3, -0.25) is 4.79 Å². The molecule has 1 saturated heterocycles. The maximum atomic E-state index is 13.1. The van der Waals surface area contributed by atoms with Crippen molar-refractivity contribution in [3.05, 3.63) is 94.8 Å². The van der Waals surface area contributed by atoms with Crippen molar-refractivity contribution in [2.75, 3.05) is 11.4 Å². The van der Waals surface area contributed by atoms with Gasteiger partial charge in [0.05, 0.1) is 11.0 Å². The first-order valence-corrected chi connectivity index (χ1v) is 11.8. The number of para-hydroxylation sites is 2. The Morgan fingerprint density at radius 2 is 1.76 bits per heavy atom. The summed E-state index contributed by atoms with van der Waals surface area (Å²) in [6, 6.07) is 23.5. The Morgan fingerprint density at radius 3 is 2.52 bits per heavy atom. The van der Waals surface area contributed by atoms with Crippen LogP contribution >= 0.6 is 0 Å². The van der Waals surface area contributed by atoms with Crippen LogP contribution in [0.4, 0.5) is 5.69 Å². The minimum absolute atomic E-state index is 0.0692. The highest BCUT2D eigenvalue weighted by atomic mass is 16.2. The number of carbonyl (C=O) groups is 1. The standard InChI is InChI=1S/C29H31N3O/c1-19(2)23-13-11-22(12-14-23)17-32-26-8-6-5-7-25(26)30-29(32)24-16-28(33)31(18-24)27-15-20(3)9-10-21(27)4/h5-15,19,24H,16-18H2,1-4H3. The lowest BCUT2D eigenvalue weighted by atomic mass is 10.0. The Kier molecular flexibility index (Phi) is 5.53. The van der Waals surface area contributed by atoms with E-state index < -0.39 is 0 Å². The van der Waals surface area contributed by atoms with Gasteiger partial charge in [-0.1, -0.05) is 62.4 Å². The van der Waals surface area contributed by atoms with E-state index >= 15 is 0 Å². The van der Waals surface area contributed by atoms with E-state index in [-0.39, 0.29) is 11.8 Å². The summed E-state index contributed by atoms with van der Waals surface area (Å²) in [5.74, 6) is 1.77. The number of rotatable bonds is 5. The van der Waals surface area contributed by atoms with Crippen LogP contribution in [0.2, 0.25) is 0 Å². The fourth-order valence-electron chi connectivity index (χ4n) is 4.89.